The molecular weight excluding hydrogens is 208 g/mol. The van der Waals surface area contributed by atoms with Crippen LogP contribution in [-0.2, 0) is 10.0 Å². The van der Waals surface area contributed by atoms with Gasteiger partial charge in [-0.25, -0.2) is 17.5 Å². The van der Waals surface area contributed by atoms with Gasteiger partial charge in [-0.1, -0.05) is 0 Å². The molecule has 0 spiro atoms. The minimum Gasteiger partial charge on any atom is -0.465 e. The number of amides is 1. The lowest BCUT2D eigenvalue weighted by atomic mass is 10.1. The largest absolute Gasteiger partial charge is 0.465 e. The molecule has 1 aliphatic rings. The van der Waals surface area contributed by atoms with E-state index in [1.807, 2.05) is 0 Å². The Bertz CT molecular complexity index is 306. The van der Waals surface area contributed by atoms with Gasteiger partial charge < -0.3 is 10.4 Å². The van der Waals surface area contributed by atoms with Crippen molar-refractivity contribution < 1.29 is 18.3 Å². The van der Waals surface area contributed by atoms with Gasteiger partial charge in [-0.3, -0.25) is 0 Å². The van der Waals surface area contributed by atoms with E-state index in [1.165, 1.54) is 4.31 Å². The SMILES string of the molecule is CS(=O)(=O)N1CCC(NC(=O)O)CC1. The number of rotatable bonds is 2. The van der Waals surface area contributed by atoms with Gasteiger partial charge in [0.25, 0.3) is 0 Å². The lowest BCUT2D eigenvalue weighted by molar-refractivity contribution is 0.183. The van der Waals surface area contributed by atoms with E-state index >= 15 is 0 Å². The molecule has 0 aromatic heterocycles. The predicted octanol–water partition coefficient (Wildman–Crippen LogP) is -0.322. The van der Waals surface area contributed by atoms with E-state index in [4.69, 9.17) is 5.11 Å². The summed E-state index contributed by atoms with van der Waals surface area (Å²) in [6, 6.07) is -0.120. The second-order valence-corrected chi connectivity index (χ2v) is 5.37. The topological polar surface area (TPSA) is 86.7 Å². The fraction of sp³-hybridized carbons (Fsp3) is 0.857. The molecule has 0 radical (unpaired) electrons. The maximum atomic E-state index is 11.1. The van der Waals surface area contributed by atoms with Crippen molar-refractivity contribution in [3.63, 3.8) is 0 Å². The highest BCUT2D eigenvalue weighted by atomic mass is 32.2. The number of nitrogens with one attached hydrogen (secondary N) is 1. The summed E-state index contributed by atoms with van der Waals surface area (Å²) < 4.78 is 23.6. The van der Waals surface area contributed by atoms with Gasteiger partial charge >= 0.3 is 6.09 Å². The smallest absolute Gasteiger partial charge is 0.404 e. The number of hydrogen-bond donors (Lipinski definition) is 2. The zero-order valence-electron chi connectivity index (χ0n) is 7.93. The van der Waals surface area contributed by atoms with Crippen LogP contribution in [0, 0.1) is 0 Å². The Labute approximate surface area is 82.9 Å². The van der Waals surface area contributed by atoms with Gasteiger partial charge in [0.2, 0.25) is 10.0 Å². The molecule has 1 heterocycles. The Hall–Kier alpha value is -0.820. The van der Waals surface area contributed by atoms with Crippen LogP contribution in [-0.4, -0.2) is 49.3 Å². The minimum absolute atomic E-state index is 0.120. The van der Waals surface area contributed by atoms with E-state index in [9.17, 15) is 13.2 Å². The third-order valence-electron chi connectivity index (χ3n) is 2.25. The summed E-state index contributed by atoms with van der Waals surface area (Å²) >= 11 is 0. The molecule has 1 amide bonds. The Balaban J connectivity index is 2.43. The summed E-state index contributed by atoms with van der Waals surface area (Å²) in [5, 5.41) is 10.8. The molecule has 6 nitrogen and oxygen atoms in total. The molecule has 2 N–H and O–H groups in total. The molecule has 0 atom stereocenters. The van der Waals surface area contributed by atoms with Crippen LogP contribution in [0.15, 0.2) is 0 Å². The third-order valence-corrected chi connectivity index (χ3v) is 3.55. The second-order valence-electron chi connectivity index (χ2n) is 3.39. The standard InChI is InChI=1S/C7H14N2O4S/c1-14(12,13)9-4-2-6(3-5-9)8-7(10)11/h6,8H,2-5H2,1H3,(H,10,11). The molecule has 0 bridgehead atoms. The summed E-state index contributed by atoms with van der Waals surface area (Å²) in [5.74, 6) is 0. The van der Waals surface area contributed by atoms with Crippen molar-refractivity contribution in [2.45, 2.75) is 18.9 Å². The van der Waals surface area contributed by atoms with Crippen LogP contribution < -0.4 is 5.32 Å². The number of piperidine rings is 1. The summed E-state index contributed by atoms with van der Waals surface area (Å²) in [6.45, 7) is 0.785. The minimum atomic E-state index is -3.12. The number of carboxylic acid groups (broad SMARTS) is 1. The van der Waals surface area contributed by atoms with E-state index in [2.05, 4.69) is 5.32 Å². The highest BCUT2D eigenvalue weighted by Crippen LogP contribution is 2.12. The zero-order valence-corrected chi connectivity index (χ0v) is 8.75. The molecule has 0 aromatic rings. The van der Waals surface area contributed by atoms with Crippen molar-refractivity contribution in [2.75, 3.05) is 19.3 Å². The van der Waals surface area contributed by atoms with Crippen molar-refractivity contribution in [1.82, 2.24) is 9.62 Å². The van der Waals surface area contributed by atoms with E-state index in [0.29, 0.717) is 25.9 Å². The van der Waals surface area contributed by atoms with Crippen molar-refractivity contribution in [1.29, 1.82) is 0 Å². The first-order valence-electron chi connectivity index (χ1n) is 4.34. The average molecular weight is 222 g/mol. The molecule has 1 aliphatic heterocycles. The third kappa shape index (κ3) is 3.15. The van der Waals surface area contributed by atoms with Crippen LogP contribution in [0.4, 0.5) is 4.79 Å². The molecule has 0 saturated carbocycles. The molecule has 1 saturated heterocycles. The van der Waals surface area contributed by atoms with Crippen LogP contribution in [0.1, 0.15) is 12.8 Å². The van der Waals surface area contributed by atoms with Gasteiger partial charge in [0.05, 0.1) is 6.26 Å². The monoisotopic (exact) mass is 222 g/mol. The molecule has 7 heteroatoms. The Morgan fingerprint density at radius 1 is 1.43 bits per heavy atom. The fourth-order valence-electron chi connectivity index (χ4n) is 1.51. The van der Waals surface area contributed by atoms with Gasteiger partial charge in [0, 0.05) is 19.1 Å². The predicted molar refractivity (Wildman–Crippen MR) is 50.6 cm³/mol. The number of hydrogen-bond acceptors (Lipinski definition) is 3. The maximum Gasteiger partial charge on any atom is 0.404 e. The number of sulfonamides is 1. The molecule has 0 aromatic carbocycles. The van der Waals surface area contributed by atoms with Crippen LogP contribution in [0.3, 0.4) is 0 Å². The Morgan fingerprint density at radius 3 is 2.29 bits per heavy atom. The van der Waals surface area contributed by atoms with Crippen LogP contribution in [0.2, 0.25) is 0 Å². The summed E-state index contributed by atoms with van der Waals surface area (Å²) in [6.07, 6.45) is 1.19. The molecule has 1 fully saturated rings. The van der Waals surface area contributed by atoms with Crippen LogP contribution in [0.25, 0.3) is 0 Å². The van der Waals surface area contributed by atoms with Crippen molar-refractivity contribution in [3.05, 3.63) is 0 Å². The summed E-state index contributed by atoms with van der Waals surface area (Å²) in [5.41, 5.74) is 0. The van der Waals surface area contributed by atoms with Crippen LogP contribution in [0.5, 0.6) is 0 Å². The van der Waals surface area contributed by atoms with E-state index in [1.54, 1.807) is 0 Å². The average Bonchev–Trinajstić information content (AvgIpc) is 2.02. The highest BCUT2D eigenvalue weighted by molar-refractivity contribution is 7.88. The Morgan fingerprint density at radius 2 is 1.93 bits per heavy atom. The normalized spacial score (nSPS) is 20.6. The quantitative estimate of drug-likeness (QED) is 0.670. The summed E-state index contributed by atoms with van der Waals surface area (Å²) in [7, 11) is -3.12. The molecule has 82 valence electrons. The molecule has 1 rings (SSSR count). The lowest BCUT2D eigenvalue weighted by Gasteiger charge is -2.29. The number of nitrogens with zero attached hydrogens (tertiary/aromatic N) is 1. The van der Waals surface area contributed by atoms with Gasteiger partial charge in [0.15, 0.2) is 0 Å². The molecule has 0 aliphatic carbocycles. The molecule has 14 heavy (non-hydrogen) atoms. The van der Waals surface area contributed by atoms with Crippen LogP contribution >= 0.6 is 0 Å². The van der Waals surface area contributed by atoms with Gasteiger partial charge in [-0.2, -0.15) is 0 Å². The zero-order chi connectivity index (χ0) is 10.8. The fourth-order valence-corrected chi connectivity index (χ4v) is 2.38. The first-order valence-corrected chi connectivity index (χ1v) is 6.19. The van der Waals surface area contributed by atoms with Crippen molar-refractivity contribution in [3.8, 4) is 0 Å². The van der Waals surface area contributed by atoms with Crippen molar-refractivity contribution >= 4 is 16.1 Å². The van der Waals surface area contributed by atoms with E-state index < -0.39 is 16.1 Å². The first-order chi connectivity index (χ1) is 6.39. The van der Waals surface area contributed by atoms with E-state index in [0.717, 1.165) is 6.26 Å². The highest BCUT2D eigenvalue weighted by Gasteiger charge is 2.25. The van der Waals surface area contributed by atoms with Gasteiger partial charge in [-0.15, -0.1) is 0 Å². The van der Waals surface area contributed by atoms with E-state index in [-0.39, 0.29) is 6.04 Å². The van der Waals surface area contributed by atoms with Gasteiger partial charge in [-0.05, 0) is 12.8 Å². The van der Waals surface area contributed by atoms with Crippen molar-refractivity contribution in [2.24, 2.45) is 0 Å². The lowest BCUT2D eigenvalue weighted by Crippen LogP contribution is -2.45. The van der Waals surface area contributed by atoms with Gasteiger partial charge in [0.1, 0.15) is 0 Å². The summed E-state index contributed by atoms with van der Waals surface area (Å²) in [4.78, 5) is 10.3. The first kappa shape index (κ1) is 11.3. The maximum absolute atomic E-state index is 11.1. The molecular formula is C7H14N2O4S. The second kappa shape index (κ2) is 4.14. The Kier molecular flexibility index (Phi) is 3.33. The molecule has 0 unspecified atom stereocenters. The number of carbonyl (C=O) groups is 1.